The fraction of sp³-hybridized carbons (Fsp3) is 0.444. The number of oxazole rings is 1. The van der Waals surface area contributed by atoms with Crippen molar-refractivity contribution in [1.82, 2.24) is 15.2 Å². The van der Waals surface area contributed by atoms with Crippen molar-refractivity contribution in [2.45, 2.75) is 31.6 Å². The van der Waals surface area contributed by atoms with Gasteiger partial charge in [0.2, 0.25) is 5.89 Å². The van der Waals surface area contributed by atoms with Crippen LogP contribution in [0.4, 0.5) is 9.18 Å². The Labute approximate surface area is 157 Å². The standard InChI is InChI=1S/C18H22FN3O4S/c1-12-7-8-22(9-10-27(12,24)25)18(23)21-13(2)17-20-11-16(26-17)14-3-5-15(19)6-4-14/h3-6,11-13H,7-10H2,1-2H3,(H,21,23). The van der Waals surface area contributed by atoms with Gasteiger partial charge in [-0.3, -0.25) is 0 Å². The van der Waals surface area contributed by atoms with E-state index in [0.717, 1.165) is 0 Å². The lowest BCUT2D eigenvalue weighted by atomic mass is 10.2. The maximum absolute atomic E-state index is 13.0. The smallest absolute Gasteiger partial charge is 0.318 e. The first kappa shape index (κ1) is 19.3. The van der Waals surface area contributed by atoms with Crippen molar-refractivity contribution in [3.63, 3.8) is 0 Å². The lowest BCUT2D eigenvalue weighted by Gasteiger charge is -2.22. The van der Waals surface area contributed by atoms with Gasteiger partial charge in [-0.25, -0.2) is 22.6 Å². The van der Waals surface area contributed by atoms with E-state index in [1.807, 2.05) is 0 Å². The third-order valence-electron chi connectivity index (χ3n) is 4.71. The lowest BCUT2D eigenvalue weighted by molar-refractivity contribution is 0.196. The Hall–Kier alpha value is -2.42. The topological polar surface area (TPSA) is 92.5 Å². The zero-order chi connectivity index (χ0) is 19.6. The van der Waals surface area contributed by atoms with Gasteiger partial charge in [-0.15, -0.1) is 0 Å². The first-order valence-electron chi connectivity index (χ1n) is 8.75. The van der Waals surface area contributed by atoms with Gasteiger partial charge in [0.15, 0.2) is 15.6 Å². The summed E-state index contributed by atoms with van der Waals surface area (Å²) in [5, 5.41) is 2.34. The van der Waals surface area contributed by atoms with Crippen LogP contribution in [0.15, 0.2) is 34.9 Å². The molecule has 1 aromatic carbocycles. The number of rotatable bonds is 3. The third-order valence-corrected chi connectivity index (χ3v) is 6.93. The normalized spacial score (nSPS) is 20.7. The van der Waals surface area contributed by atoms with Gasteiger partial charge in [0.25, 0.3) is 0 Å². The second kappa shape index (κ2) is 7.67. The molecule has 0 radical (unpaired) electrons. The first-order valence-corrected chi connectivity index (χ1v) is 10.5. The van der Waals surface area contributed by atoms with E-state index in [1.54, 1.807) is 26.0 Å². The second-order valence-electron chi connectivity index (χ2n) is 6.69. The van der Waals surface area contributed by atoms with Crippen LogP contribution in [0.5, 0.6) is 0 Å². The molecule has 2 atom stereocenters. The summed E-state index contributed by atoms with van der Waals surface area (Å²) < 4.78 is 42.6. The van der Waals surface area contributed by atoms with E-state index in [0.29, 0.717) is 30.2 Å². The molecule has 146 valence electrons. The highest BCUT2D eigenvalue weighted by molar-refractivity contribution is 7.92. The molecular formula is C18H22FN3O4S. The Morgan fingerprint density at radius 3 is 2.74 bits per heavy atom. The van der Waals surface area contributed by atoms with Crippen LogP contribution in [0, 0.1) is 5.82 Å². The molecule has 0 aliphatic carbocycles. The zero-order valence-electron chi connectivity index (χ0n) is 15.2. The van der Waals surface area contributed by atoms with Gasteiger partial charge in [-0.1, -0.05) is 0 Å². The van der Waals surface area contributed by atoms with Gasteiger partial charge in [-0.05, 0) is 44.5 Å². The fourth-order valence-electron chi connectivity index (χ4n) is 2.84. The lowest BCUT2D eigenvalue weighted by Crippen LogP contribution is -2.42. The summed E-state index contributed by atoms with van der Waals surface area (Å²) in [5.74, 6) is 0.413. The number of halogens is 1. The van der Waals surface area contributed by atoms with Crippen LogP contribution in [-0.4, -0.2) is 48.4 Å². The van der Waals surface area contributed by atoms with Gasteiger partial charge >= 0.3 is 6.03 Å². The molecule has 2 heterocycles. The number of carbonyl (C=O) groups is 1. The van der Waals surface area contributed by atoms with Gasteiger partial charge in [0, 0.05) is 18.7 Å². The Morgan fingerprint density at radius 1 is 1.33 bits per heavy atom. The van der Waals surface area contributed by atoms with E-state index in [9.17, 15) is 17.6 Å². The minimum absolute atomic E-state index is 0.0380. The Kier molecular flexibility index (Phi) is 5.50. The summed E-state index contributed by atoms with van der Waals surface area (Å²) in [6.07, 6.45) is 1.93. The zero-order valence-corrected chi connectivity index (χ0v) is 16.0. The second-order valence-corrected chi connectivity index (χ2v) is 9.23. The minimum atomic E-state index is -3.15. The van der Waals surface area contributed by atoms with Crippen molar-refractivity contribution in [2.75, 3.05) is 18.8 Å². The molecule has 2 unspecified atom stereocenters. The molecule has 1 saturated heterocycles. The number of urea groups is 1. The molecular weight excluding hydrogens is 373 g/mol. The number of benzene rings is 1. The van der Waals surface area contributed by atoms with E-state index in [2.05, 4.69) is 10.3 Å². The van der Waals surface area contributed by atoms with E-state index in [-0.39, 0.29) is 24.1 Å². The highest BCUT2D eigenvalue weighted by Gasteiger charge is 2.29. The predicted octanol–water partition coefficient (Wildman–Crippen LogP) is 2.76. The average Bonchev–Trinajstić information content (AvgIpc) is 3.07. The maximum atomic E-state index is 13.0. The molecule has 9 heteroatoms. The van der Waals surface area contributed by atoms with Crippen molar-refractivity contribution in [3.05, 3.63) is 42.2 Å². The van der Waals surface area contributed by atoms with Gasteiger partial charge in [0.1, 0.15) is 11.9 Å². The Bertz CT molecular complexity index is 911. The highest BCUT2D eigenvalue weighted by Crippen LogP contribution is 2.23. The summed E-state index contributed by atoms with van der Waals surface area (Å²) >= 11 is 0. The third kappa shape index (κ3) is 4.47. The molecule has 7 nitrogen and oxygen atoms in total. The maximum Gasteiger partial charge on any atom is 0.318 e. The quantitative estimate of drug-likeness (QED) is 0.863. The molecule has 27 heavy (non-hydrogen) atoms. The molecule has 1 N–H and O–H groups in total. The molecule has 1 aliphatic rings. The molecule has 1 aliphatic heterocycles. The van der Waals surface area contributed by atoms with Crippen LogP contribution in [0.1, 0.15) is 32.2 Å². The number of nitrogens with one attached hydrogen (secondary N) is 1. The SMILES string of the molecule is CC(NC(=O)N1CCC(C)S(=O)(=O)CC1)c1ncc(-c2ccc(F)cc2)o1. The summed E-state index contributed by atoms with van der Waals surface area (Å²) in [7, 11) is -3.15. The van der Waals surface area contributed by atoms with Crippen LogP contribution >= 0.6 is 0 Å². The number of carbonyl (C=O) groups excluding carboxylic acids is 1. The van der Waals surface area contributed by atoms with Crippen LogP contribution in [-0.2, 0) is 9.84 Å². The van der Waals surface area contributed by atoms with Crippen LogP contribution in [0.25, 0.3) is 11.3 Å². The van der Waals surface area contributed by atoms with Crippen molar-refractivity contribution >= 4 is 15.9 Å². The number of hydrogen-bond donors (Lipinski definition) is 1. The van der Waals surface area contributed by atoms with Crippen LogP contribution in [0.2, 0.25) is 0 Å². The highest BCUT2D eigenvalue weighted by atomic mass is 32.2. The monoisotopic (exact) mass is 395 g/mol. The van der Waals surface area contributed by atoms with E-state index >= 15 is 0 Å². The minimum Gasteiger partial charge on any atom is -0.438 e. The molecule has 0 bridgehead atoms. The van der Waals surface area contributed by atoms with Gasteiger partial charge in [0.05, 0.1) is 17.2 Å². The largest absolute Gasteiger partial charge is 0.438 e. The van der Waals surface area contributed by atoms with E-state index < -0.39 is 21.1 Å². The van der Waals surface area contributed by atoms with Gasteiger partial charge in [-0.2, -0.15) is 0 Å². The predicted molar refractivity (Wildman–Crippen MR) is 98.3 cm³/mol. The number of nitrogens with zero attached hydrogens (tertiary/aromatic N) is 2. The summed E-state index contributed by atoms with van der Waals surface area (Å²) in [4.78, 5) is 18.2. The molecule has 0 saturated carbocycles. The Balaban J connectivity index is 1.64. The average molecular weight is 395 g/mol. The number of sulfone groups is 1. The van der Waals surface area contributed by atoms with Gasteiger partial charge < -0.3 is 14.6 Å². The van der Waals surface area contributed by atoms with Crippen molar-refractivity contribution in [1.29, 1.82) is 0 Å². The summed E-state index contributed by atoms with van der Waals surface area (Å²) in [6, 6.07) is 4.98. The van der Waals surface area contributed by atoms with E-state index in [1.165, 1.54) is 23.2 Å². The first-order chi connectivity index (χ1) is 12.8. The van der Waals surface area contributed by atoms with E-state index in [4.69, 9.17) is 4.42 Å². The molecule has 1 aromatic heterocycles. The number of amides is 2. The summed E-state index contributed by atoms with van der Waals surface area (Å²) in [6.45, 7) is 3.95. The van der Waals surface area contributed by atoms with Crippen LogP contribution in [0.3, 0.4) is 0 Å². The van der Waals surface area contributed by atoms with Crippen molar-refractivity contribution in [2.24, 2.45) is 0 Å². The molecule has 2 aromatic rings. The molecule has 1 fully saturated rings. The molecule has 0 spiro atoms. The molecule has 2 amide bonds. The Morgan fingerprint density at radius 2 is 2.04 bits per heavy atom. The van der Waals surface area contributed by atoms with Crippen molar-refractivity contribution < 1.29 is 22.0 Å². The van der Waals surface area contributed by atoms with Crippen molar-refractivity contribution in [3.8, 4) is 11.3 Å². The fourth-order valence-corrected chi connectivity index (χ4v) is 4.19. The molecule has 3 rings (SSSR count). The number of aromatic nitrogens is 1. The number of hydrogen-bond acceptors (Lipinski definition) is 5. The summed E-state index contributed by atoms with van der Waals surface area (Å²) in [5.41, 5.74) is 0.681. The van der Waals surface area contributed by atoms with Crippen LogP contribution < -0.4 is 5.32 Å².